The standard InChI is InChI=1S/C20H24N4O/c1-14(2)20-22-17-5-4-16(12-18(17)23-20)13-19(25)24(3)11-8-15-6-9-21-10-7-15/h4-7,9-10,12,14H,8,11,13H2,1-3H3,(H,22,23). The van der Waals surface area contributed by atoms with Crippen molar-refractivity contribution >= 4 is 16.9 Å². The van der Waals surface area contributed by atoms with E-state index < -0.39 is 0 Å². The zero-order chi connectivity index (χ0) is 17.8. The molecule has 0 aliphatic carbocycles. The van der Waals surface area contributed by atoms with Crippen LogP contribution in [-0.2, 0) is 17.6 Å². The van der Waals surface area contributed by atoms with Crippen LogP contribution in [0.3, 0.4) is 0 Å². The van der Waals surface area contributed by atoms with Crippen molar-refractivity contribution < 1.29 is 4.79 Å². The van der Waals surface area contributed by atoms with Crippen molar-refractivity contribution in [1.82, 2.24) is 19.9 Å². The Balaban J connectivity index is 1.62. The fraction of sp³-hybridized carbons (Fsp3) is 0.350. The Hall–Kier alpha value is -2.69. The van der Waals surface area contributed by atoms with Gasteiger partial charge in [0, 0.05) is 31.9 Å². The SMILES string of the molecule is CC(C)c1nc2ccc(CC(=O)N(C)CCc3ccncc3)cc2[nH]1. The van der Waals surface area contributed by atoms with Crippen molar-refractivity contribution in [2.45, 2.75) is 32.6 Å². The maximum atomic E-state index is 12.5. The second kappa shape index (κ2) is 7.47. The van der Waals surface area contributed by atoms with Gasteiger partial charge in [-0.05, 0) is 41.8 Å². The van der Waals surface area contributed by atoms with Crippen molar-refractivity contribution in [3.63, 3.8) is 0 Å². The molecular formula is C20H24N4O. The Kier molecular flexibility index (Phi) is 5.12. The lowest BCUT2D eigenvalue weighted by molar-refractivity contribution is -0.129. The molecule has 0 saturated carbocycles. The van der Waals surface area contributed by atoms with E-state index in [2.05, 4.69) is 28.8 Å². The predicted molar refractivity (Wildman–Crippen MR) is 99.5 cm³/mol. The second-order valence-electron chi connectivity index (χ2n) is 6.73. The molecule has 0 radical (unpaired) electrons. The minimum atomic E-state index is 0.122. The van der Waals surface area contributed by atoms with E-state index in [9.17, 15) is 4.79 Å². The predicted octanol–water partition coefficient (Wildman–Crippen LogP) is 3.32. The van der Waals surface area contributed by atoms with Crippen LogP contribution in [-0.4, -0.2) is 39.4 Å². The molecule has 0 aliphatic heterocycles. The molecule has 3 rings (SSSR count). The van der Waals surface area contributed by atoms with Gasteiger partial charge in [-0.25, -0.2) is 4.98 Å². The van der Waals surface area contributed by atoms with Gasteiger partial charge < -0.3 is 9.88 Å². The van der Waals surface area contributed by atoms with Gasteiger partial charge in [0.15, 0.2) is 0 Å². The first-order chi connectivity index (χ1) is 12.0. The van der Waals surface area contributed by atoms with Crippen molar-refractivity contribution in [2.75, 3.05) is 13.6 Å². The molecule has 0 atom stereocenters. The molecule has 2 aromatic heterocycles. The van der Waals surface area contributed by atoms with Crippen molar-refractivity contribution in [2.24, 2.45) is 0 Å². The molecular weight excluding hydrogens is 312 g/mol. The Morgan fingerprint density at radius 2 is 1.92 bits per heavy atom. The van der Waals surface area contributed by atoms with Crippen LogP contribution in [0, 0.1) is 0 Å². The number of likely N-dealkylation sites (N-methyl/N-ethyl adjacent to an activating group) is 1. The Bertz CT molecular complexity index is 855. The number of carbonyl (C=O) groups excluding carboxylic acids is 1. The Morgan fingerprint density at radius 3 is 2.64 bits per heavy atom. The molecule has 2 heterocycles. The number of aromatic amines is 1. The summed E-state index contributed by atoms with van der Waals surface area (Å²) in [7, 11) is 1.86. The number of fused-ring (bicyclic) bond motifs is 1. The molecule has 0 bridgehead atoms. The van der Waals surface area contributed by atoms with E-state index in [1.807, 2.05) is 37.4 Å². The molecule has 0 saturated heterocycles. The molecule has 130 valence electrons. The zero-order valence-electron chi connectivity index (χ0n) is 15.0. The molecule has 5 heteroatoms. The van der Waals surface area contributed by atoms with Crippen LogP contribution in [0.4, 0.5) is 0 Å². The maximum Gasteiger partial charge on any atom is 0.226 e. The van der Waals surface area contributed by atoms with Gasteiger partial charge in [-0.3, -0.25) is 9.78 Å². The number of H-pyrrole nitrogens is 1. The maximum absolute atomic E-state index is 12.5. The summed E-state index contributed by atoms with van der Waals surface area (Å²) < 4.78 is 0. The lowest BCUT2D eigenvalue weighted by Gasteiger charge is -2.17. The van der Waals surface area contributed by atoms with Gasteiger partial charge in [0.25, 0.3) is 0 Å². The van der Waals surface area contributed by atoms with Crippen molar-refractivity contribution in [3.05, 3.63) is 59.7 Å². The number of hydrogen-bond acceptors (Lipinski definition) is 3. The summed E-state index contributed by atoms with van der Waals surface area (Å²) in [6.07, 6.45) is 4.80. The third-order valence-corrected chi connectivity index (χ3v) is 4.38. The quantitative estimate of drug-likeness (QED) is 0.751. The summed E-state index contributed by atoms with van der Waals surface area (Å²) in [5.41, 5.74) is 4.14. The zero-order valence-corrected chi connectivity index (χ0v) is 15.0. The number of benzene rings is 1. The number of pyridine rings is 1. The third-order valence-electron chi connectivity index (χ3n) is 4.38. The van der Waals surface area contributed by atoms with Gasteiger partial charge in [-0.2, -0.15) is 0 Å². The molecule has 3 aromatic rings. The fourth-order valence-electron chi connectivity index (χ4n) is 2.74. The van der Waals surface area contributed by atoms with Gasteiger partial charge in [0.2, 0.25) is 5.91 Å². The summed E-state index contributed by atoms with van der Waals surface area (Å²) in [5, 5.41) is 0. The van der Waals surface area contributed by atoms with Gasteiger partial charge in [0.1, 0.15) is 5.82 Å². The van der Waals surface area contributed by atoms with Gasteiger partial charge in [-0.15, -0.1) is 0 Å². The minimum Gasteiger partial charge on any atom is -0.345 e. The molecule has 5 nitrogen and oxygen atoms in total. The van der Waals surface area contributed by atoms with E-state index in [0.717, 1.165) is 28.8 Å². The van der Waals surface area contributed by atoms with Crippen LogP contribution in [0.2, 0.25) is 0 Å². The van der Waals surface area contributed by atoms with E-state index in [1.165, 1.54) is 5.56 Å². The number of hydrogen-bond donors (Lipinski definition) is 1. The summed E-state index contributed by atoms with van der Waals surface area (Å²) in [6.45, 7) is 4.92. The van der Waals surface area contributed by atoms with E-state index in [-0.39, 0.29) is 5.91 Å². The largest absolute Gasteiger partial charge is 0.345 e. The molecule has 1 N–H and O–H groups in total. The van der Waals surface area contributed by atoms with Gasteiger partial charge >= 0.3 is 0 Å². The third kappa shape index (κ3) is 4.24. The number of carbonyl (C=O) groups is 1. The minimum absolute atomic E-state index is 0.122. The monoisotopic (exact) mass is 336 g/mol. The average molecular weight is 336 g/mol. The number of nitrogens with one attached hydrogen (secondary N) is 1. The highest BCUT2D eigenvalue weighted by molar-refractivity contribution is 5.81. The van der Waals surface area contributed by atoms with Crippen LogP contribution in [0.1, 0.15) is 36.7 Å². The second-order valence-corrected chi connectivity index (χ2v) is 6.73. The number of amides is 1. The number of aromatic nitrogens is 3. The number of imidazole rings is 1. The van der Waals surface area contributed by atoms with E-state index in [4.69, 9.17) is 0 Å². The summed E-state index contributed by atoms with van der Waals surface area (Å²) in [4.78, 5) is 26.2. The van der Waals surface area contributed by atoms with Crippen molar-refractivity contribution in [1.29, 1.82) is 0 Å². The molecule has 1 amide bonds. The number of rotatable bonds is 6. The molecule has 0 spiro atoms. The first-order valence-electron chi connectivity index (χ1n) is 8.64. The van der Waals surface area contributed by atoms with E-state index in [0.29, 0.717) is 18.9 Å². The molecule has 0 unspecified atom stereocenters. The summed E-state index contributed by atoms with van der Waals surface area (Å²) >= 11 is 0. The molecule has 0 fully saturated rings. The fourth-order valence-corrected chi connectivity index (χ4v) is 2.74. The average Bonchev–Trinajstić information content (AvgIpc) is 3.04. The first-order valence-corrected chi connectivity index (χ1v) is 8.64. The molecule has 25 heavy (non-hydrogen) atoms. The van der Waals surface area contributed by atoms with Crippen molar-refractivity contribution in [3.8, 4) is 0 Å². The highest BCUT2D eigenvalue weighted by Gasteiger charge is 2.12. The molecule has 1 aromatic carbocycles. The molecule has 0 aliphatic rings. The normalized spacial score (nSPS) is 11.2. The highest BCUT2D eigenvalue weighted by Crippen LogP contribution is 2.18. The van der Waals surface area contributed by atoms with Crippen LogP contribution in [0.15, 0.2) is 42.7 Å². The Labute approximate surface area is 148 Å². The van der Waals surface area contributed by atoms with Crippen LogP contribution in [0.5, 0.6) is 0 Å². The first kappa shape index (κ1) is 17.1. The van der Waals surface area contributed by atoms with Crippen LogP contribution < -0.4 is 0 Å². The lowest BCUT2D eigenvalue weighted by atomic mass is 10.1. The smallest absolute Gasteiger partial charge is 0.226 e. The van der Waals surface area contributed by atoms with Gasteiger partial charge in [-0.1, -0.05) is 19.9 Å². The Morgan fingerprint density at radius 1 is 1.16 bits per heavy atom. The summed E-state index contributed by atoms with van der Waals surface area (Å²) in [5.74, 6) is 1.46. The lowest BCUT2D eigenvalue weighted by Crippen LogP contribution is -2.30. The van der Waals surface area contributed by atoms with E-state index in [1.54, 1.807) is 17.3 Å². The van der Waals surface area contributed by atoms with Gasteiger partial charge in [0.05, 0.1) is 17.5 Å². The number of nitrogens with zero attached hydrogens (tertiary/aromatic N) is 3. The van der Waals surface area contributed by atoms with Crippen LogP contribution in [0.25, 0.3) is 11.0 Å². The topological polar surface area (TPSA) is 61.9 Å². The summed E-state index contributed by atoms with van der Waals surface area (Å²) in [6, 6.07) is 9.97. The van der Waals surface area contributed by atoms with E-state index >= 15 is 0 Å². The van der Waals surface area contributed by atoms with Crippen LogP contribution >= 0.6 is 0 Å². The highest BCUT2D eigenvalue weighted by atomic mass is 16.2.